The number of anilines is 3. The molecule has 5 rings (SSSR count). The van der Waals surface area contributed by atoms with E-state index in [1.54, 1.807) is 54.6 Å². The lowest BCUT2D eigenvalue weighted by Crippen LogP contribution is -2.49. The number of fused-ring (bicyclic) bond motifs is 1. The zero-order chi connectivity index (χ0) is 29.6. The molecular formula is C28H36N10O3S. The Morgan fingerprint density at radius 1 is 0.857 bits per heavy atom. The Kier molecular flexibility index (Phi) is 11.7. The van der Waals surface area contributed by atoms with Crippen LogP contribution < -0.4 is 15.5 Å². The molecule has 1 amide bonds. The van der Waals surface area contributed by atoms with Gasteiger partial charge in [-0.2, -0.15) is 0 Å². The molecule has 14 heteroatoms. The molecule has 1 aliphatic rings. The molecule has 1 aliphatic heterocycles. The molecule has 4 aromatic heterocycles. The van der Waals surface area contributed by atoms with E-state index < -0.39 is 5.97 Å². The molecule has 0 saturated carbocycles. The zero-order valence-corrected chi connectivity index (χ0v) is 24.5. The Morgan fingerprint density at radius 3 is 2.02 bits per heavy atom. The second-order valence-corrected chi connectivity index (χ2v) is 10.6. The Morgan fingerprint density at radius 2 is 1.45 bits per heavy atom. The fraction of sp³-hybridized carbons (Fsp3) is 0.429. The number of aliphatic carboxylic acids is 1. The van der Waals surface area contributed by atoms with E-state index >= 15 is 0 Å². The molecule has 13 nitrogen and oxygen atoms in total. The summed E-state index contributed by atoms with van der Waals surface area (Å²) in [6, 6.07) is 5.71. The highest BCUT2D eigenvalue weighted by atomic mass is 32.1. The first-order valence-electron chi connectivity index (χ1n) is 14.0. The third-order valence-electron chi connectivity index (χ3n) is 6.47. The van der Waals surface area contributed by atoms with Gasteiger partial charge in [-0.15, -0.1) is 11.3 Å². The third-order valence-corrected chi connectivity index (χ3v) is 7.66. The molecule has 1 saturated heterocycles. The number of hydrogen-bond acceptors (Lipinski definition) is 12. The highest BCUT2D eigenvalue weighted by Gasteiger charge is 2.23. The summed E-state index contributed by atoms with van der Waals surface area (Å²) >= 11 is 1.73. The lowest BCUT2D eigenvalue weighted by Gasteiger charge is -2.35. The van der Waals surface area contributed by atoms with Gasteiger partial charge in [0.05, 0.1) is 5.39 Å². The van der Waals surface area contributed by atoms with Gasteiger partial charge in [-0.05, 0) is 37.5 Å². The van der Waals surface area contributed by atoms with Crippen LogP contribution in [0.25, 0.3) is 10.2 Å². The topological polar surface area (TPSA) is 162 Å². The van der Waals surface area contributed by atoms with Crippen molar-refractivity contribution < 1.29 is 14.7 Å². The molecule has 0 aliphatic carbocycles. The van der Waals surface area contributed by atoms with E-state index in [-0.39, 0.29) is 12.3 Å². The fourth-order valence-corrected chi connectivity index (χ4v) is 5.23. The second-order valence-electron chi connectivity index (χ2n) is 9.45. The fourth-order valence-electron chi connectivity index (χ4n) is 4.31. The van der Waals surface area contributed by atoms with Gasteiger partial charge in [0.1, 0.15) is 17.0 Å². The number of aryl methyl sites for hydroxylation is 1. The molecule has 0 atom stereocenters. The number of hydrogen-bond donors (Lipinski definition) is 3. The predicted octanol–water partition coefficient (Wildman–Crippen LogP) is 3.34. The highest BCUT2D eigenvalue weighted by molar-refractivity contribution is 7.18. The van der Waals surface area contributed by atoms with Crippen LogP contribution in [0.3, 0.4) is 0 Å². The smallest absolute Gasteiger partial charge is 0.303 e. The van der Waals surface area contributed by atoms with E-state index in [0.29, 0.717) is 37.8 Å². The monoisotopic (exact) mass is 592 g/mol. The van der Waals surface area contributed by atoms with Crippen molar-refractivity contribution in [2.24, 2.45) is 0 Å². The van der Waals surface area contributed by atoms with Gasteiger partial charge in [0, 0.05) is 81.8 Å². The minimum atomic E-state index is -0.782. The standard InChI is InChI=1S/C20H25N7OS.C8H11N3O2/c1-2-15-13-16-18(24-14-25-19(16)29-15)27-11-9-26(10-12-27)17(28)5-3-6-21-20-22-7-4-8-23-20;12-7(13)3-1-4-9-8-10-5-2-6-11-8/h4,7-8,13-14H,2-3,5-6,9-12H2,1H3,(H,21,22,23);2,5-6H,1,3-4H2,(H,12,13)(H,9,10,11). The number of nitrogens with zero attached hydrogens (tertiary/aromatic N) is 8. The van der Waals surface area contributed by atoms with Crippen LogP contribution in [0.4, 0.5) is 17.7 Å². The summed E-state index contributed by atoms with van der Waals surface area (Å²) in [6.07, 6.45) is 11.4. The maximum atomic E-state index is 12.5. The summed E-state index contributed by atoms with van der Waals surface area (Å²) in [6.45, 7) is 6.47. The summed E-state index contributed by atoms with van der Waals surface area (Å²) in [7, 11) is 0. The van der Waals surface area contributed by atoms with E-state index in [4.69, 9.17) is 5.11 Å². The number of carbonyl (C=O) groups is 2. The number of thiophene rings is 1. The summed E-state index contributed by atoms with van der Waals surface area (Å²) < 4.78 is 0. The molecule has 5 heterocycles. The van der Waals surface area contributed by atoms with E-state index in [1.807, 2.05) is 4.90 Å². The number of carbonyl (C=O) groups excluding carboxylic acids is 1. The van der Waals surface area contributed by atoms with E-state index in [1.165, 1.54) is 4.88 Å². The van der Waals surface area contributed by atoms with Crippen molar-refractivity contribution in [3.05, 3.63) is 54.2 Å². The van der Waals surface area contributed by atoms with Gasteiger partial charge >= 0.3 is 5.97 Å². The first kappa shape index (κ1) is 30.5. The Hall–Kier alpha value is -4.46. The van der Waals surface area contributed by atoms with Crippen LogP contribution in [-0.4, -0.2) is 91.1 Å². The summed E-state index contributed by atoms with van der Waals surface area (Å²) in [5.41, 5.74) is 0. The SMILES string of the molecule is CCc1cc2c(N3CCN(C(=O)CCCNc4ncccn4)CC3)ncnc2s1.O=C(O)CCCNc1ncccn1. The first-order valence-corrected chi connectivity index (χ1v) is 14.8. The molecule has 0 aromatic carbocycles. The van der Waals surface area contributed by atoms with Crippen molar-refractivity contribution in [3.8, 4) is 0 Å². The molecule has 0 bridgehead atoms. The highest BCUT2D eigenvalue weighted by Crippen LogP contribution is 2.31. The maximum absolute atomic E-state index is 12.5. The molecule has 1 fully saturated rings. The van der Waals surface area contributed by atoms with Crippen LogP contribution >= 0.6 is 11.3 Å². The number of aromatic nitrogens is 6. The number of piperazine rings is 1. The van der Waals surface area contributed by atoms with E-state index in [0.717, 1.165) is 55.1 Å². The second kappa shape index (κ2) is 16.1. The number of rotatable bonds is 12. The Bertz CT molecular complexity index is 1400. The summed E-state index contributed by atoms with van der Waals surface area (Å²) in [5, 5.41) is 15.5. The van der Waals surface area contributed by atoms with Gasteiger partial charge in [-0.3, -0.25) is 9.59 Å². The van der Waals surface area contributed by atoms with Crippen molar-refractivity contribution in [2.45, 2.75) is 39.0 Å². The predicted molar refractivity (Wildman–Crippen MR) is 163 cm³/mol. The van der Waals surface area contributed by atoms with Crippen LogP contribution in [0.15, 0.2) is 49.3 Å². The molecule has 4 aromatic rings. The van der Waals surface area contributed by atoms with Gasteiger partial charge in [0.15, 0.2) is 0 Å². The maximum Gasteiger partial charge on any atom is 0.303 e. The summed E-state index contributed by atoms with van der Waals surface area (Å²) in [4.78, 5) is 54.3. The minimum absolute atomic E-state index is 0.167. The first-order chi connectivity index (χ1) is 20.5. The largest absolute Gasteiger partial charge is 0.481 e. The van der Waals surface area contributed by atoms with Crippen LogP contribution in [0.2, 0.25) is 0 Å². The third kappa shape index (κ3) is 9.29. The van der Waals surface area contributed by atoms with Crippen molar-refractivity contribution >= 4 is 51.1 Å². The van der Waals surface area contributed by atoms with Crippen molar-refractivity contribution in [1.82, 2.24) is 34.8 Å². The quantitative estimate of drug-likeness (QED) is 0.206. The molecule has 0 spiro atoms. The Labute approximate surface area is 248 Å². The average Bonchev–Trinajstić information content (AvgIpc) is 3.47. The normalized spacial score (nSPS) is 12.9. The average molecular weight is 593 g/mol. The van der Waals surface area contributed by atoms with Gasteiger partial charge in [0.2, 0.25) is 17.8 Å². The van der Waals surface area contributed by atoms with Crippen molar-refractivity contribution in [2.75, 3.05) is 54.8 Å². The van der Waals surface area contributed by atoms with Crippen LogP contribution in [0.1, 0.15) is 37.5 Å². The van der Waals surface area contributed by atoms with Gasteiger partial charge in [-0.1, -0.05) is 6.92 Å². The molecule has 42 heavy (non-hydrogen) atoms. The van der Waals surface area contributed by atoms with Crippen LogP contribution in [0, 0.1) is 0 Å². The van der Waals surface area contributed by atoms with E-state index in [9.17, 15) is 9.59 Å². The molecule has 0 unspecified atom stereocenters. The van der Waals surface area contributed by atoms with Crippen molar-refractivity contribution in [3.63, 3.8) is 0 Å². The Balaban J connectivity index is 0.000000262. The lowest BCUT2D eigenvalue weighted by molar-refractivity contribution is -0.137. The molecular weight excluding hydrogens is 556 g/mol. The number of carboxylic acids is 1. The molecule has 222 valence electrons. The van der Waals surface area contributed by atoms with Crippen LogP contribution in [0.5, 0.6) is 0 Å². The molecule has 3 N–H and O–H groups in total. The van der Waals surface area contributed by atoms with Gasteiger partial charge in [0.25, 0.3) is 0 Å². The molecule has 0 radical (unpaired) electrons. The van der Waals surface area contributed by atoms with E-state index in [2.05, 4.69) is 58.4 Å². The van der Waals surface area contributed by atoms with Crippen LogP contribution in [-0.2, 0) is 16.0 Å². The van der Waals surface area contributed by atoms with Gasteiger partial charge < -0.3 is 25.5 Å². The minimum Gasteiger partial charge on any atom is -0.481 e. The van der Waals surface area contributed by atoms with Gasteiger partial charge in [-0.25, -0.2) is 29.9 Å². The zero-order valence-electron chi connectivity index (χ0n) is 23.6. The number of amides is 1. The summed E-state index contributed by atoms with van der Waals surface area (Å²) in [5.74, 6) is 1.55. The van der Waals surface area contributed by atoms with Crippen molar-refractivity contribution in [1.29, 1.82) is 0 Å². The number of nitrogens with one attached hydrogen (secondary N) is 2. The lowest BCUT2D eigenvalue weighted by atomic mass is 10.2. The number of carboxylic acid groups (broad SMARTS) is 1.